The second-order valence-electron chi connectivity index (χ2n) is 13.9. The third kappa shape index (κ3) is 4.84. The summed E-state index contributed by atoms with van der Waals surface area (Å²) in [4.78, 5) is 21.8. The Balaban J connectivity index is 1.41. The summed E-state index contributed by atoms with van der Waals surface area (Å²) in [6.45, 7) is 9.29. The minimum Gasteiger partial charge on any atom is -0.490 e. The normalized spacial score (nSPS) is 21.7. The van der Waals surface area contributed by atoms with E-state index in [0.29, 0.717) is 6.61 Å². The molecule has 5 aliphatic heterocycles. The topological polar surface area (TPSA) is 57.3 Å². The summed E-state index contributed by atoms with van der Waals surface area (Å²) in [6.07, 6.45) is 4.61. The predicted octanol–water partition coefficient (Wildman–Crippen LogP) is 6.90. The van der Waals surface area contributed by atoms with Gasteiger partial charge in [0.15, 0.2) is 5.50 Å². The van der Waals surface area contributed by atoms with Gasteiger partial charge in [-0.05, 0) is 69.2 Å². The van der Waals surface area contributed by atoms with E-state index in [1.54, 1.807) is 0 Å². The van der Waals surface area contributed by atoms with Crippen LogP contribution < -0.4 is 15.0 Å². The SMILES string of the molecule is COC(=O)CC1COc2c(cc3c4c2CCCN4CCC3)C2=C(NC(C)(C)C)N3C(c4ccccc4)=C(c4ccccc4)SC3N21. The minimum absolute atomic E-state index is 0.113. The first kappa shape index (κ1) is 29.4. The molecule has 2 atom stereocenters. The summed E-state index contributed by atoms with van der Waals surface area (Å²) in [7, 11) is 1.48. The molecule has 0 radical (unpaired) electrons. The first-order valence-electron chi connectivity index (χ1n) is 16.6. The summed E-state index contributed by atoms with van der Waals surface area (Å²) in [5.74, 6) is 1.83. The van der Waals surface area contributed by atoms with Gasteiger partial charge >= 0.3 is 5.97 Å². The summed E-state index contributed by atoms with van der Waals surface area (Å²) in [5.41, 5.74) is 9.60. The van der Waals surface area contributed by atoms with Crippen molar-refractivity contribution in [1.82, 2.24) is 15.1 Å². The molecule has 46 heavy (non-hydrogen) atoms. The number of fused-ring (bicyclic) bond motifs is 6. The third-order valence-electron chi connectivity index (χ3n) is 9.61. The number of nitrogens with zero attached hydrogens (tertiary/aromatic N) is 3. The van der Waals surface area contributed by atoms with Crippen molar-refractivity contribution in [2.24, 2.45) is 0 Å². The van der Waals surface area contributed by atoms with Crippen LogP contribution in [0.5, 0.6) is 5.75 Å². The second kappa shape index (κ2) is 11.3. The molecule has 8 rings (SSSR count). The zero-order valence-corrected chi connectivity index (χ0v) is 28.0. The van der Waals surface area contributed by atoms with E-state index < -0.39 is 0 Å². The summed E-state index contributed by atoms with van der Waals surface area (Å²) in [5, 5.41) is 3.99. The number of carbonyl (C=O) groups excluding carboxylic acids is 1. The highest BCUT2D eigenvalue weighted by Gasteiger charge is 2.52. The highest BCUT2D eigenvalue weighted by molar-refractivity contribution is 8.09. The molecule has 5 aliphatic rings. The van der Waals surface area contributed by atoms with Crippen molar-refractivity contribution in [3.8, 4) is 5.75 Å². The van der Waals surface area contributed by atoms with Gasteiger partial charge in [-0.1, -0.05) is 72.4 Å². The first-order valence-corrected chi connectivity index (χ1v) is 17.5. The standard InChI is InChI=1S/C38H42N4O3S/c1-38(2,3)39-36-33-29-21-26-17-11-19-40-20-12-18-28(31(26)40)34(29)45-23-27(22-30(43)44-4)41(33)37-42(36)32(24-13-7-5-8-14-24)35(46-37)25-15-9-6-10-16-25/h5-10,13-16,21,27,37,39H,11-12,17-20,22-23H2,1-4H3. The molecule has 3 aromatic rings. The van der Waals surface area contributed by atoms with Crippen LogP contribution >= 0.6 is 11.8 Å². The molecule has 2 unspecified atom stereocenters. The molecule has 0 spiro atoms. The van der Waals surface area contributed by atoms with Crippen molar-refractivity contribution in [1.29, 1.82) is 0 Å². The van der Waals surface area contributed by atoms with Gasteiger partial charge in [-0.3, -0.25) is 9.69 Å². The van der Waals surface area contributed by atoms with Gasteiger partial charge in [-0.25, -0.2) is 0 Å². The number of aryl methyl sites for hydroxylation is 1. The van der Waals surface area contributed by atoms with Gasteiger partial charge in [0, 0.05) is 40.3 Å². The molecule has 0 bridgehead atoms. The average molecular weight is 635 g/mol. The van der Waals surface area contributed by atoms with Crippen LogP contribution in [0.1, 0.15) is 67.9 Å². The second-order valence-corrected chi connectivity index (χ2v) is 14.9. The largest absolute Gasteiger partial charge is 0.490 e. The van der Waals surface area contributed by atoms with E-state index in [-0.39, 0.29) is 29.5 Å². The number of methoxy groups -OCH3 is 1. The van der Waals surface area contributed by atoms with Crippen molar-refractivity contribution in [2.45, 2.75) is 70.0 Å². The Morgan fingerprint density at radius 3 is 2.37 bits per heavy atom. The fraction of sp³-hybridized carbons (Fsp3) is 0.395. The molecule has 1 N–H and O–H groups in total. The number of hydrogen-bond donors (Lipinski definition) is 1. The summed E-state index contributed by atoms with van der Waals surface area (Å²) < 4.78 is 12.2. The van der Waals surface area contributed by atoms with Gasteiger partial charge in [0.25, 0.3) is 0 Å². The van der Waals surface area contributed by atoms with E-state index in [0.717, 1.165) is 55.2 Å². The highest BCUT2D eigenvalue weighted by Crippen LogP contribution is 2.59. The van der Waals surface area contributed by atoms with Crippen LogP contribution in [0.2, 0.25) is 0 Å². The van der Waals surface area contributed by atoms with Gasteiger partial charge in [0.05, 0.1) is 31.0 Å². The summed E-state index contributed by atoms with van der Waals surface area (Å²) >= 11 is 1.86. The molecule has 238 valence electrons. The zero-order valence-electron chi connectivity index (χ0n) is 27.1. The molecule has 0 saturated heterocycles. The van der Waals surface area contributed by atoms with Gasteiger partial charge in [-0.2, -0.15) is 0 Å². The molecule has 0 fully saturated rings. The van der Waals surface area contributed by atoms with E-state index >= 15 is 0 Å². The van der Waals surface area contributed by atoms with Crippen LogP contribution in [-0.2, 0) is 22.4 Å². The lowest BCUT2D eigenvalue weighted by Crippen LogP contribution is -2.45. The van der Waals surface area contributed by atoms with Crippen molar-refractivity contribution < 1.29 is 14.3 Å². The number of thioether (sulfide) groups is 1. The fourth-order valence-electron chi connectivity index (χ4n) is 7.81. The number of rotatable bonds is 5. The third-order valence-corrected chi connectivity index (χ3v) is 10.9. The van der Waals surface area contributed by atoms with Crippen molar-refractivity contribution in [3.63, 3.8) is 0 Å². The lowest BCUT2D eigenvalue weighted by atomic mass is 9.88. The van der Waals surface area contributed by atoms with Crippen LogP contribution in [-0.4, -0.2) is 59.7 Å². The first-order chi connectivity index (χ1) is 22.3. The van der Waals surface area contributed by atoms with E-state index in [2.05, 4.69) is 108 Å². The van der Waals surface area contributed by atoms with Crippen LogP contribution in [0.4, 0.5) is 5.69 Å². The number of nitrogens with one attached hydrogen (secondary N) is 1. The van der Waals surface area contributed by atoms with Crippen molar-refractivity contribution in [2.75, 3.05) is 31.7 Å². The number of hydrogen-bond acceptors (Lipinski definition) is 8. The number of ether oxygens (including phenoxy) is 2. The Labute approximate surface area is 276 Å². The molecule has 3 aromatic carbocycles. The van der Waals surface area contributed by atoms with Crippen LogP contribution in [0.3, 0.4) is 0 Å². The molecule has 5 heterocycles. The van der Waals surface area contributed by atoms with Gasteiger partial charge in [0.2, 0.25) is 0 Å². The molecule has 0 aromatic heterocycles. The number of carbonyl (C=O) groups is 1. The van der Waals surface area contributed by atoms with E-state index in [1.165, 1.54) is 52.1 Å². The Morgan fingerprint density at radius 1 is 0.978 bits per heavy atom. The number of esters is 1. The van der Waals surface area contributed by atoms with E-state index in [4.69, 9.17) is 9.47 Å². The Kier molecular flexibility index (Phi) is 7.24. The van der Waals surface area contributed by atoms with Crippen molar-refractivity contribution >= 4 is 39.7 Å². The average Bonchev–Trinajstić information content (AvgIpc) is 3.53. The minimum atomic E-state index is -0.227. The molecular formula is C38H42N4O3S. The van der Waals surface area contributed by atoms with Crippen LogP contribution in [0.25, 0.3) is 16.3 Å². The fourth-order valence-corrected chi connectivity index (χ4v) is 9.33. The molecule has 8 heteroatoms. The monoisotopic (exact) mass is 634 g/mol. The van der Waals surface area contributed by atoms with Gasteiger partial charge in [0.1, 0.15) is 18.2 Å². The molecular weight excluding hydrogens is 593 g/mol. The Hall–Kier alpha value is -4.04. The maximum atomic E-state index is 13.0. The molecule has 0 saturated carbocycles. The Bertz CT molecular complexity index is 1740. The summed E-state index contributed by atoms with van der Waals surface area (Å²) in [6, 6.07) is 23.6. The van der Waals surface area contributed by atoms with Gasteiger partial charge < -0.3 is 24.6 Å². The molecule has 0 amide bonds. The van der Waals surface area contributed by atoms with E-state index in [9.17, 15) is 4.79 Å². The predicted molar refractivity (Wildman–Crippen MR) is 186 cm³/mol. The van der Waals surface area contributed by atoms with Gasteiger partial charge in [-0.15, -0.1) is 0 Å². The number of benzene rings is 3. The van der Waals surface area contributed by atoms with Crippen LogP contribution in [0, 0.1) is 0 Å². The quantitative estimate of drug-likeness (QED) is 0.305. The highest BCUT2D eigenvalue weighted by atomic mass is 32.2. The Morgan fingerprint density at radius 2 is 1.67 bits per heavy atom. The maximum absolute atomic E-state index is 13.0. The van der Waals surface area contributed by atoms with Crippen molar-refractivity contribution in [3.05, 3.63) is 100 Å². The number of anilines is 1. The lowest BCUT2D eigenvalue weighted by Gasteiger charge is -2.38. The maximum Gasteiger partial charge on any atom is 0.307 e. The lowest BCUT2D eigenvalue weighted by molar-refractivity contribution is -0.142. The van der Waals surface area contributed by atoms with E-state index in [1.807, 2.05) is 11.8 Å². The zero-order chi connectivity index (χ0) is 31.6. The molecule has 7 nitrogen and oxygen atoms in total. The van der Waals surface area contributed by atoms with Crippen LogP contribution in [0.15, 0.2) is 72.6 Å². The molecule has 0 aliphatic carbocycles. The smallest absolute Gasteiger partial charge is 0.307 e.